The van der Waals surface area contributed by atoms with Gasteiger partial charge in [-0.25, -0.2) is 4.79 Å². The zero-order valence-corrected chi connectivity index (χ0v) is 23.8. The van der Waals surface area contributed by atoms with Gasteiger partial charge >= 0.3 is 5.97 Å². The molecule has 3 aromatic carbocycles. The maximum Gasteiger partial charge on any atom is 0.352 e. The number of carboxylic acids is 1. The molecule has 8 nitrogen and oxygen atoms in total. The number of aryl methyl sites for hydroxylation is 1. The Morgan fingerprint density at radius 1 is 0.953 bits per heavy atom. The van der Waals surface area contributed by atoms with E-state index in [0.717, 1.165) is 68.1 Å². The van der Waals surface area contributed by atoms with Crippen LogP contribution >= 0.6 is 0 Å². The number of rotatable bonds is 10. The van der Waals surface area contributed by atoms with Crippen LogP contribution in [0.3, 0.4) is 0 Å². The Labute approximate surface area is 248 Å². The van der Waals surface area contributed by atoms with Gasteiger partial charge < -0.3 is 24.3 Å². The summed E-state index contributed by atoms with van der Waals surface area (Å²) in [6, 6.07) is 24.1. The molecule has 1 saturated heterocycles. The lowest BCUT2D eigenvalue weighted by molar-refractivity contribution is -0.127. The number of para-hydroxylation sites is 1. The summed E-state index contributed by atoms with van der Waals surface area (Å²) in [6.07, 6.45) is 6.57. The van der Waals surface area contributed by atoms with Crippen molar-refractivity contribution in [1.82, 2.24) is 19.4 Å². The number of hydrogen-bond acceptors (Lipinski definition) is 4. The quantitative estimate of drug-likeness (QED) is 0.179. The highest BCUT2D eigenvalue weighted by Gasteiger charge is 2.22. The van der Waals surface area contributed by atoms with E-state index in [4.69, 9.17) is 9.72 Å². The van der Waals surface area contributed by atoms with E-state index >= 15 is 0 Å². The SMILES string of the molecule is O=C(O)c1[nH]c2c(-c3nccc4ccn(CCN5CCCC5=O)c34)cccc2c1CCCOc1cccc2ccccc12. The van der Waals surface area contributed by atoms with Gasteiger partial charge in [-0.1, -0.05) is 54.6 Å². The van der Waals surface area contributed by atoms with Gasteiger partial charge in [-0.2, -0.15) is 0 Å². The largest absolute Gasteiger partial charge is 0.493 e. The van der Waals surface area contributed by atoms with Crippen LogP contribution in [-0.2, 0) is 17.8 Å². The van der Waals surface area contributed by atoms with E-state index in [1.165, 1.54) is 0 Å². The summed E-state index contributed by atoms with van der Waals surface area (Å²) in [5.74, 6) is 0.0493. The highest BCUT2D eigenvalue weighted by atomic mass is 16.5. The predicted molar refractivity (Wildman–Crippen MR) is 168 cm³/mol. The number of pyridine rings is 1. The normalized spacial score (nSPS) is 13.5. The van der Waals surface area contributed by atoms with Crippen LogP contribution in [0, 0.1) is 0 Å². The molecular formula is C35H32N4O4. The molecule has 6 aromatic rings. The molecule has 1 fully saturated rings. The van der Waals surface area contributed by atoms with Gasteiger partial charge in [-0.05, 0) is 48.4 Å². The Kier molecular flexibility index (Phi) is 7.02. The lowest BCUT2D eigenvalue weighted by atomic mass is 10.0. The summed E-state index contributed by atoms with van der Waals surface area (Å²) in [4.78, 5) is 34.5. The Balaban J connectivity index is 1.18. The molecule has 2 N–H and O–H groups in total. The number of H-pyrrole nitrogens is 1. The van der Waals surface area contributed by atoms with Crippen molar-refractivity contribution in [1.29, 1.82) is 0 Å². The second-order valence-corrected chi connectivity index (χ2v) is 11.0. The van der Waals surface area contributed by atoms with Crippen LogP contribution in [0.4, 0.5) is 0 Å². The Hall–Kier alpha value is -5.11. The average Bonchev–Trinajstić information content (AvgIpc) is 3.75. The molecule has 0 aliphatic carbocycles. The minimum Gasteiger partial charge on any atom is -0.493 e. The molecule has 7 rings (SSSR count). The molecule has 0 spiro atoms. The van der Waals surface area contributed by atoms with E-state index in [2.05, 4.69) is 27.8 Å². The number of aromatic carboxylic acids is 1. The van der Waals surface area contributed by atoms with E-state index in [1.807, 2.05) is 65.7 Å². The number of benzene rings is 3. The summed E-state index contributed by atoms with van der Waals surface area (Å²) in [5.41, 5.74) is 4.32. The van der Waals surface area contributed by atoms with Crippen LogP contribution in [0.15, 0.2) is 85.2 Å². The number of nitrogens with zero attached hydrogens (tertiary/aromatic N) is 3. The number of amides is 1. The van der Waals surface area contributed by atoms with E-state index in [1.54, 1.807) is 6.20 Å². The van der Waals surface area contributed by atoms with Crippen LogP contribution in [0.2, 0.25) is 0 Å². The number of hydrogen-bond donors (Lipinski definition) is 2. The van der Waals surface area contributed by atoms with Crippen molar-refractivity contribution in [2.24, 2.45) is 0 Å². The number of likely N-dealkylation sites (tertiary alicyclic amines) is 1. The number of carbonyl (C=O) groups excluding carboxylic acids is 1. The lowest BCUT2D eigenvalue weighted by Crippen LogP contribution is -2.28. The van der Waals surface area contributed by atoms with Crippen LogP contribution in [-0.4, -0.2) is 56.1 Å². The molecule has 0 atom stereocenters. The minimum atomic E-state index is -0.989. The second-order valence-electron chi connectivity index (χ2n) is 11.0. The van der Waals surface area contributed by atoms with Gasteiger partial charge in [0.25, 0.3) is 0 Å². The molecule has 0 unspecified atom stereocenters. The summed E-state index contributed by atoms with van der Waals surface area (Å²) >= 11 is 0. The van der Waals surface area contributed by atoms with Crippen molar-refractivity contribution in [3.63, 3.8) is 0 Å². The summed E-state index contributed by atoms with van der Waals surface area (Å²) in [7, 11) is 0. The molecule has 4 heterocycles. The van der Waals surface area contributed by atoms with Crippen molar-refractivity contribution in [2.45, 2.75) is 32.2 Å². The average molecular weight is 573 g/mol. The van der Waals surface area contributed by atoms with Gasteiger partial charge in [0.1, 0.15) is 11.4 Å². The van der Waals surface area contributed by atoms with Gasteiger partial charge in [0.15, 0.2) is 0 Å². The summed E-state index contributed by atoms with van der Waals surface area (Å²) < 4.78 is 8.29. The maximum absolute atomic E-state index is 12.4. The van der Waals surface area contributed by atoms with Crippen molar-refractivity contribution in [2.75, 3.05) is 19.7 Å². The fourth-order valence-electron chi connectivity index (χ4n) is 6.37. The van der Waals surface area contributed by atoms with Crippen LogP contribution in [0.25, 0.3) is 43.8 Å². The molecular weight excluding hydrogens is 540 g/mol. The summed E-state index contributed by atoms with van der Waals surface area (Å²) in [5, 5.41) is 14.2. The zero-order valence-electron chi connectivity index (χ0n) is 23.8. The highest BCUT2D eigenvalue weighted by Crippen LogP contribution is 2.35. The third kappa shape index (κ3) is 4.99. The smallest absolute Gasteiger partial charge is 0.352 e. The standard InChI is InChI=1S/C35H32N4O4/c40-30-14-5-18-38(30)20-21-39-19-16-24-15-17-36-32(34(24)39)28-11-4-10-26-27(33(35(41)42)37-31(26)28)12-6-22-43-29-13-3-8-23-7-1-2-9-25(23)29/h1-4,7-11,13,15-17,19,37H,5-6,12,14,18,20-22H2,(H,41,42). The molecule has 0 radical (unpaired) electrons. The maximum atomic E-state index is 12.4. The zero-order chi connectivity index (χ0) is 29.3. The van der Waals surface area contributed by atoms with Gasteiger partial charge in [0, 0.05) is 60.2 Å². The van der Waals surface area contributed by atoms with Crippen LogP contribution in [0.5, 0.6) is 5.75 Å². The number of fused-ring (bicyclic) bond motifs is 3. The minimum absolute atomic E-state index is 0.197. The number of carboxylic acid groups (broad SMARTS) is 1. The molecule has 1 amide bonds. The molecule has 8 heteroatoms. The van der Waals surface area contributed by atoms with Crippen molar-refractivity contribution in [3.05, 3.63) is 96.4 Å². The monoisotopic (exact) mass is 572 g/mol. The fraction of sp³-hybridized carbons (Fsp3) is 0.229. The van der Waals surface area contributed by atoms with Gasteiger partial charge in [0.05, 0.1) is 23.3 Å². The Morgan fingerprint density at radius 3 is 2.65 bits per heavy atom. The van der Waals surface area contributed by atoms with E-state index in [-0.39, 0.29) is 11.6 Å². The molecule has 1 aliphatic rings. The third-order valence-corrected chi connectivity index (χ3v) is 8.45. The number of carbonyl (C=O) groups is 2. The van der Waals surface area contributed by atoms with Gasteiger partial charge in [-0.3, -0.25) is 9.78 Å². The number of aromatic nitrogens is 3. The summed E-state index contributed by atoms with van der Waals surface area (Å²) in [6.45, 7) is 2.58. The van der Waals surface area contributed by atoms with Crippen LogP contribution in [0.1, 0.15) is 35.3 Å². The first-order valence-corrected chi connectivity index (χ1v) is 14.8. The van der Waals surface area contributed by atoms with Crippen molar-refractivity contribution >= 4 is 44.5 Å². The van der Waals surface area contributed by atoms with E-state index in [9.17, 15) is 14.7 Å². The number of aromatic amines is 1. The molecule has 0 bridgehead atoms. The number of ether oxygens (including phenoxy) is 1. The highest BCUT2D eigenvalue weighted by molar-refractivity contribution is 6.06. The Bertz CT molecular complexity index is 1980. The lowest BCUT2D eigenvalue weighted by Gasteiger charge is -2.17. The van der Waals surface area contributed by atoms with Gasteiger partial charge in [-0.15, -0.1) is 0 Å². The van der Waals surface area contributed by atoms with Crippen molar-refractivity contribution < 1.29 is 19.4 Å². The van der Waals surface area contributed by atoms with Crippen LogP contribution < -0.4 is 4.74 Å². The van der Waals surface area contributed by atoms with E-state index < -0.39 is 5.97 Å². The fourth-order valence-corrected chi connectivity index (χ4v) is 6.37. The second kappa shape index (κ2) is 11.3. The molecule has 3 aromatic heterocycles. The first kappa shape index (κ1) is 26.8. The molecule has 216 valence electrons. The first-order valence-electron chi connectivity index (χ1n) is 14.8. The topological polar surface area (TPSA) is 100 Å². The molecule has 1 aliphatic heterocycles. The first-order chi connectivity index (χ1) is 21.1. The molecule has 0 saturated carbocycles. The number of nitrogens with one attached hydrogen (secondary N) is 1. The predicted octanol–water partition coefficient (Wildman–Crippen LogP) is 6.67. The Morgan fingerprint density at radius 2 is 1.79 bits per heavy atom. The molecule has 43 heavy (non-hydrogen) atoms. The van der Waals surface area contributed by atoms with E-state index in [0.29, 0.717) is 39.0 Å². The van der Waals surface area contributed by atoms with Gasteiger partial charge in [0.2, 0.25) is 5.91 Å². The van der Waals surface area contributed by atoms with Crippen molar-refractivity contribution in [3.8, 4) is 17.0 Å². The third-order valence-electron chi connectivity index (χ3n) is 8.45.